The number of ether oxygens (including phenoxy) is 1. The standard InChI is InChI=1S/C10H19NO2/c1-6-11(7-2)9(4)8(3)10(12)13-5/h9H,3,6-7H2,1-2,4-5H3. The van der Waals surface area contributed by atoms with Crippen molar-refractivity contribution in [3.05, 3.63) is 12.2 Å². The molecule has 0 aromatic heterocycles. The molecule has 0 aromatic rings. The first kappa shape index (κ1) is 12.2. The van der Waals surface area contributed by atoms with Gasteiger partial charge in [0, 0.05) is 11.6 Å². The maximum atomic E-state index is 11.1. The molecule has 1 atom stereocenters. The summed E-state index contributed by atoms with van der Waals surface area (Å²) >= 11 is 0. The van der Waals surface area contributed by atoms with E-state index >= 15 is 0 Å². The maximum Gasteiger partial charge on any atom is 0.334 e. The molecular formula is C10H19NO2. The molecule has 3 nitrogen and oxygen atoms in total. The van der Waals surface area contributed by atoms with Gasteiger partial charge in [-0.2, -0.15) is 0 Å². The highest BCUT2D eigenvalue weighted by molar-refractivity contribution is 5.88. The van der Waals surface area contributed by atoms with Crippen LogP contribution in [0.25, 0.3) is 0 Å². The fraction of sp³-hybridized carbons (Fsp3) is 0.700. The molecule has 0 aliphatic heterocycles. The van der Waals surface area contributed by atoms with E-state index < -0.39 is 0 Å². The van der Waals surface area contributed by atoms with Gasteiger partial charge in [-0.05, 0) is 20.0 Å². The van der Waals surface area contributed by atoms with E-state index in [1.165, 1.54) is 7.11 Å². The first-order valence-corrected chi connectivity index (χ1v) is 4.59. The van der Waals surface area contributed by atoms with Crippen LogP contribution in [0.1, 0.15) is 20.8 Å². The molecule has 0 N–H and O–H groups in total. The lowest BCUT2D eigenvalue weighted by atomic mass is 10.1. The lowest BCUT2D eigenvalue weighted by Crippen LogP contribution is -2.36. The summed E-state index contributed by atoms with van der Waals surface area (Å²) in [5, 5.41) is 0. The van der Waals surface area contributed by atoms with Crippen LogP contribution in [0.15, 0.2) is 12.2 Å². The van der Waals surface area contributed by atoms with Gasteiger partial charge in [0.2, 0.25) is 0 Å². The number of hydrogen-bond donors (Lipinski definition) is 0. The first-order chi connectivity index (χ1) is 6.08. The smallest absolute Gasteiger partial charge is 0.334 e. The van der Waals surface area contributed by atoms with E-state index in [0.29, 0.717) is 5.57 Å². The van der Waals surface area contributed by atoms with Crippen molar-refractivity contribution in [1.82, 2.24) is 4.90 Å². The molecule has 13 heavy (non-hydrogen) atoms. The predicted octanol–water partition coefficient (Wildman–Crippen LogP) is 1.45. The Labute approximate surface area is 80.4 Å². The third-order valence-corrected chi connectivity index (χ3v) is 2.31. The van der Waals surface area contributed by atoms with Gasteiger partial charge in [0.05, 0.1) is 7.11 Å². The van der Waals surface area contributed by atoms with E-state index in [-0.39, 0.29) is 12.0 Å². The Hall–Kier alpha value is -0.830. The minimum absolute atomic E-state index is 0.0578. The summed E-state index contributed by atoms with van der Waals surface area (Å²) in [5.41, 5.74) is 0.520. The van der Waals surface area contributed by atoms with Crippen molar-refractivity contribution in [3.8, 4) is 0 Å². The summed E-state index contributed by atoms with van der Waals surface area (Å²) < 4.78 is 4.61. The highest BCUT2D eigenvalue weighted by Crippen LogP contribution is 2.09. The Balaban J connectivity index is 4.31. The number of carbonyl (C=O) groups excluding carboxylic acids is 1. The van der Waals surface area contributed by atoms with Crippen molar-refractivity contribution in [3.63, 3.8) is 0 Å². The number of hydrogen-bond acceptors (Lipinski definition) is 3. The zero-order valence-corrected chi connectivity index (χ0v) is 8.96. The second-order valence-corrected chi connectivity index (χ2v) is 2.91. The van der Waals surface area contributed by atoms with Gasteiger partial charge in [-0.1, -0.05) is 20.4 Å². The van der Waals surface area contributed by atoms with Gasteiger partial charge in [-0.3, -0.25) is 4.90 Å². The van der Waals surface area contributed by atoms with Crippen LogP contribution in [-0.2, 0) is 9.53 Å². The molecule has 0 rings (SSSR count). The SMILES string of the molecule is C=C(C(=O)OC)C(C)N(CC)CC. The number of nitrogens with zero attached hydrogens (tertiary/aromatic N) is 1. The van der Waals surface area contributed by atoms with E-state index in [4.69, 9.17) is 0 Å². The number of methoxy groups -OCH3 is 1. The zero-order chi connectivity index (χ0) is 10.4. The third-order valence-electron chi connectivity index (χ3n) is 2.31. The average molecular weight is 185 g/mol. The van der Waals surface area contributed by atoms with Crippen molar-refractivity contribution >= 4 is 5.97 Å². The molecule has 0 aliphatic carbocycles. The minimum atomic E-state index is -0.320. The Morgan fingerprint density at radius 1 is 1.46 bits per heavy atom. The molecule has 0 bridgehead atoms. The van der Waals surface area contributed by atoms with E-state index in [1.807, 2.05) is 6.92 Å². The maximum absolute atomic E-state index is 11.1. The highest BCUT2D eigenvalue weighted by atomic mass is 16.5. The van der Waals surface area contributed by atoms with Crippen molar-refractivity contribution in [2.75, 3.05) is 20.2 Å². The van der Waals surface area contributed by atoms with Crippen LogP contribution in [-0.4, -0.2) is 37.1 Å². The van der Waals surface area contributed by atoms with Crippen LogP contribution in [0.5, 0.6) is 0 Å². The van der Waals surface area contributed by atoms with Crippen molar-refractivity contribution in [2.24, 2.45) is 0 Å². The first-order valence-electron chi connectivity index (χ1n) is 4.59. The number of esters is 1. The van der Waals surface area contributed by atoms with Crippen molar-refractivity contribution < 1.29 is 9.53 Å². The summed E-state index contributed by atoms with van der Waals surface area (Å²) in [5.74, 6) is -0.320. The topological polar surface area (TPSA) is 29.5 Å². The van der Waals surface area contributed by atoms with Gasteiger partial charge < -0.3 is 4.74 Å². The number of rotatable bonds is 5. The predicted molar refractivity (Wildman–Crippen MR) is 53.5 cm³/mol. The summed E-state index contributed by atoms with van der Waals surface area (Å²) in [7, 11) is 1.38. The number of likely N-dealkylation sites (N-methyl/N-ethyl adjacent to an activating group) is 1. The van der Waals surface area contributed by atoms with Crippen molar-refractivity contribution in [1.29, 1.82) is 0 Å². The zero-order valence-electron chi connectivity index (χ0n) is 8.96. The molecule has 0 saturated carbocycles. The molecule has 0 amide bonds. The largest absolute Gasteiger partial charge is 0.466 e. The molecule has 76 valence electrons. The second kappa shape index (κ2) is 5.75. The molecule has 0 spiro atoms. The van der Waals surface area contributed by atoms with E-state index in [2.05, 4.69) is 30.1 Å². The molecule has 0 radical (unpaired) electrons. The molecule has 0 aromatic carbocycles. The van der Waals surface area contributed by atoms with E-state index in [9.17, 15) is 4.79 Å². The Morgan fingerprint density at radius 2 is 1.92 bits per heavy atom. The van der Waals surface area contributed by atoms with Crippen LogP contribution < -0.4 is 0 Å². The Kier molecular flexibility index (Phi) is 5.39. The van der Waals surface area contributed by atoms with Gasteiger partial charge >= 0.3 is 5.97 Å². The molecular weight excluding hydrogens is 166 g/mol. The summed E-state index contributed by atoms with van der Waals surface area (Å²) in [6.07, 6.45) is 0. The van der Waals surface area contributed by atoms with Crippen LogP contribution in [0, 0.1) is 0 Å². The van der Waals surface area contributed by atoms with E-state index in [0.717, 1.165) is 13.1 Å². The molecule has 1 unspecified atom stereocenters. The van der Waals surface area contributed by atoms with Gasteiger partial charge in [-0.15, -0.1) is 0 Å². The number of carbonyl (C=O) groups is 1. The van der Waals surface area contributed by atoms with Crippen molar-refractivity contribution in [2.45, 2.75) is 26.8 Å². The van der Waals surface area contributed by atoms with E-state index in [1.54, 1.807) is 0 Å². The third kappa shape index (κ3) is 3.19. The second-order valence-electron chi connectivity index (χ2n) is 2.91. The molecule has 3 heteroatoms. The lowest BCUT2D eigenvalue weighted by Gasteiger charge is -2.26. The molecule has 0 heterocycles. The van der Waals surface area contributed by atoms with Crippen LogP contribution in [0.4, 0.5) is 0 Å². The summed E-state index contributed by atoms with van der Waals surface area (Å²) in [4.78, 5) is 13.3. The van der Waals surface area contributed by atoms with Crippen LogP contribution in [0.2, 0.25) is 0 Å². The normalized spacial score (nSPS) is 12.7. The van der Waals surface area contributed by atoms with Gasteiger partial charge in [0.1, 0.15) is 0 Å². The van der Waals surface area contributed by atoms with Gasteiger partial charge in [0.25, 0.3) is 0 Å². The fourth-order valence-corrected chi connectivity index (χ4v) is 1.29. The highest BCUT2D eigenvalue weighted by Gasteiger charge is 2.19. The Bertz CT molecular complexity index is 185. The molecule has 0 saturated heterocycles. The quantitative estimate of drug-likeness (QED) is 0.479. The average Bonchev–Trinajstić information content (AvgIpc) is 2.17. The summed E-state index contributed by atoms with van der Waals surface area (Å²) in [6, 6.07) is 0.0578. The minimum Gasteiger partial charge on any atom is -0.466 e. The molecule has 0 fully saturated rings. The summed E-state index contributed by atoms with van der Waals surface area (Å²) in [6.45, 7) is 11.6. The molecule has 0 aliphatic rings. The van der Waals surface area contributed by atoms with Gasteiger partial charge in [-0.25, -0.2) is 4.79 Å². The van der Waals surface area contributed by atoms with Gasteiger partial charge in [0.15, 0.2) is 0 Å². The van der Waals surface area contributed by atoms with Crippen LogP contribution >= 0.6 is 0 Å². The Morgan fingerprint density at radius 3 is 2.23 bits per heavy atom. The monoisotopic (exact) mass is 185 g/mol. The fourth-order valence-electron chi connectivity index (χ4n) is 1.29. The van der Waals surface area contributed by atoms with Crippen LogP contribution in [0.3, 0.4) is 0 Å². The lowest BCUT2D eigenvalue weighted by molar-refractivity contribution is -0.136.